The van der Waals surface area contributed by atoms with Crippen molar-refractivity contribution < 1.29 is 24.1 Å². The molecule has 0 unspecified atom stereocenters. The maximum Gasteiger partial charge on any atom is 0.188 e. The number of ether oxygens (including phenoxy) is 4. The van der Waals surface area contributed by atoms with E-state index in [1.807, 2.05) is 44.2 Å². The minimum Gasteiger partial charge on any atom is -0.394 e. The van der Waals surface area contributed by atoms with Gasteiger partial charge < -0.3 is 24.1 Å². The average molecular weight is 294 g/mol. The monoisotopic (exact) mass is 294 g/mol. The third kappa shape index (κ3) is 3.27. The van der Waals surface area contributed by atoms with Crippen molar-refractivity contribution in [1.29, 1.82) is 0 Å². The van der Waals surface area contributed by atoms with Crippen LogP contribution >= 0.6 is 0 Å². The summed E-state index contributed by atoms with van der Waals surface area (Å²) in [5.74, 6) is -0.668. The van der Waals surface area contributed by atoms with E-state index in [1.165, 1.54) is 0 Å². The van der Waals surface area contributed by atoms with Gasteiger partial charge in [-0.25, -0.2) is 0 Å². The lowest BCUT2D eigenvalue weighted by Crippen LogP contribution is -2.34. The van der Waals surface area contributed by atoms with E-state index in [0.717, 1.165) is 5.56 Å². The van der Waals surface area contributed by atoms with Gasteiger partial charge >= 0.3 is 0 Å². The van der Waals surface area contributed by atoms with E-state index in [0.29, 0.717) is 13.2 Å². The summed E-state index contributed by atoms with van der Waals surface area (Å²) in [6.45, 7) is 4.69. The van der Waals surface area contributed by atoms with Crippen LogP contribution in [0.15, 0.2) is 30.3 Å². The van der Waals surface area contributed by atoms with Gasteiger partial charge in [-0.1, -0.05) is 30.3 Å². The second-order valence-corrected chi connectivity index (χ2v) is 5.99. The number of hydrogen-bond acceptors (Lipinski definition) is 5. The van der Waals surface area contributed by atoms with Crippen molar-refractivity contribution in [2.75, 3.05) is 13.2 Å². The smallest absolute Gasteiger partial charge is 0.188 e. The SMILES string of the molecule is CC1(C)O[C@H]2O[C@H](CO)[C@@H](COCc3ccccc3)[C@H]2O1. The van der Waals surface area contributed by atoms with Crippen LogP contribution < -0.4 is 0 Å². The highest BCUT2D eigenvalue weighted by atomic mass is 16.8. The Morgan fingerprint density at radius 1 is 1.19 bits per heavy atom. The van der Waals surface area contributed by atoms with Gasteiger partial charge in [-0.15, -0.1) is 0 Å². The Bertz CT molecular complexity index is 461. The number of hydrogen-bond donors (Lipinski definition) is 1. The summed E-state index contributed by atoms with van der Waals surface area (Å²) in [5, 5.41) is 9.45. The maximum atomic E-state index is 9.45. The summed E-state index contributed by atoms with van der Waals surface area (Å²) in [5.41, 5.74) is 1.12. The summed E-state index contributed by atoms with van der Waals surface area (Å²) >= 11 is 0. The molecule has 2 heterocycles. The van der Waals surface area contributed by atoms with E-state index in [-0.39, 0.29) is 24.7 Å². The first-order chi connectivity index (χ1) is 10.1. The molecule has 2 fully saturated rings. The highest BCUT2D eigenvalue weighted by Gasteiger charge is 2.54. The lowest BCUT2D eigenvalue weighted by Gasteiger charge is -2.24. The molecule has 21 heavy (non-hydrogen) atoms. The number of aliphatic hydroxyl groups excluding tert-OH is 1. The van der Waals surface area contributed by atoms with Gasteiger partial charge in [0.1, 0.15) is 6.10 Å². The van der Waals surface area contributed by atoms with E-state index in [2.05, 4.69) is 0 Å². The Morgan fingerprint density at radius 2 is 1.95 bits per heavy atom. The van der Waals surface area contributed by atoms with Gasteiger partial charge in [0.25, 0.3) is 0 Å². The molecule has 0 saturated carbocycles. The van der Waals surface area contributed by atoms with Gasteiger partial charge in [-0.3, -0.25) is 0 Å². The average Bonchev–Trinajstić information content (AvgIpc) is 2.92. The zero-order chi connectivity index (χ0) is 14.9. The molecule has 0 amide bonds. The Morgan fingerprint density at radius 3 is 2.67 bits per heavy atom. The van der Waals surface area contributed by atoms with E-state index >= 15 is 0 Å². The summed E-state index contributed by atoms with van der Waals surface area (Å²) < 4.78 is 23.1. The molecular weight excluding hydrogens is 272 g/mol. The van der Waals surface area contributed by atoms with Crippen LogP contribution in [-0.4, -0.2) is 42.6 Å². The largest absolute Gasteiger partial charge is 0.394 e. The molecule has 2 aliphatic heterocycles. The van der Waals surface area contributed by atoms with Crippen LogP contribution in [0, 0.1) is 5.92 Å². The van der Waals surface area contributed by atoms with Crippen molar-refractivity contribution >= 4 is 0 Å². The first-order valence-electron chi connectivity index (χ1n) is 7.33. The highest BCUT2D eigenvalue weighted by Crippen LogP contribution is 2.40. The lowest BCUT2D eigenvalue weighted by molar-refractivity contribution is -0.215. The number of benzene rings is 1. The summed E-state index contributed by atoms with van der Waals surface area (Å²) in [6.07, 6.45) is -0.901. The molecule has 1 N–H and O–H groups in total. The van der Waals surface area contributed by atoms with Crippen LogP contribution in [0.1, 0.15) is 19.4 Å². The van der Waals surface area contributed by atoms with Crippen molar-refractivity contribution in [3.63, 3.8) is 0 Å². The normalized spacial score (nSPS) is 34.0. The predicted molar refractivity (Wildman–Crippen MR) is 75.4 cm³/mol. The van der Waals surface area contributed by atoms with Crippen molar-refractivity contribution in [2.45, 2.75) is 44.7 Å². The van der Waals surface area contributed by atoms with Crippen LogP contribution in [-0.2, 0) is 25.6 Å². The molecule has 3 rings (SSSR count). The third-order valence-corrected chi connectivity index (χ3v) is 3.90. The highest BCUT2D eigenvalue weighted by molar-refractivity contribution is 5.13. The van der Waals surface area contributed by atoms with Crippen molar-refractivity contribution in [3.05, 3.63) is 35.9 Å². The third-order valence-electron chi connectivity index (χ3n) is 3.90. The first kappa shape index (κ1) is 14.9. The number of fused-ring (bicyclic) bond motifs is 1. The van der Waals surface area contributed by atoms with Crippen LogP contribution in [0.25, 0.3) is 0 Å². The van der Waals surface area contributed by atoms with Crippen molar-refractivity contribution in [3.8, 4) is 0 Å². The summed E-state index contributed by atoms with van der Waals surface area (Å²) in [4.78, 5) is 0. The molecule has 5 heteroatoms. The van der Waals surface area contributed by atoms with Gasteiger partial charge in [0.05, 0.1) is 25.9 Å². The minimum absolute atomic E-state index is 0.0227. The summed E-state index contributed by atoms with van der Waals surface area (Å²) in [7, 11) is 0. The molecular formula is C16H22O5. The quantitative estimate of drug-likeness (QED) is 0.895. The Labute approximate surface area is 124 Å². The Kier molecular flexibility index (Phi) is 4.28. The van der Waals surface area contributed by atoms with Crippen LogP contribution in [0.4, 0.5) is 0 Å². The molecule has 5 nitrogen and oxygen atoms in total. The second kappa shape index (κ2) is 6.02. The van der Waals surface area contributed by atoms with E-state index in [1.54, 1.807) is 0 Å². The van der Waals surface area contributed by atoms with E-state index in [9.17, 15) is 5.11 Å². The van der Waals surface area contributed by atoms with Crippen LogP contribution in [0.2, 0.25) is 0 Å². The van der Waals surface area contributed by atoms with Gasteiger partial charge in [0.15, 0.2) is 12.1 Å². The fourth-order valence-electron chi connectivity index (χ4n) is 2.90. The lowest BCUT2D eigenvalue weighted by atomic mass is 10.00. The predicted octanol–water partition coefficient (Wildman–Crippen LogP) is 1.69. The molecule has 0 aromatic heterocycles. The van der Waals surface area contributed by atoms with Gasteiger partial charge in [0, 0.05) is 5.92 Å². The van der Waals surface area contributed by atoms with E-state index < -0.39 is 12.1 Å². The molecule has 1 aromatic rings. The van der Waals surface area contributed by atoms with Crippen LogP contribution in [0.5, 0.6) is 0 Å². The molecule has 1 aromatic carbocycles. The minimum atomic E-state index is -0.645. The topological polar surface area (TPSA) is 57.2 Å². The van der Waals surface area contributed by atoms with Gasteiger partial charge in [0.2, 0.25) is 0 Å². The molecule has 116 valence electrons. The van der Waals surface area contributed by atoms with Gasteiger partial charge in [-0.2, -0.15) is 0 Å². The zero-order valence-corrected chi connectivity index (χ0v) is 12.4. The Balaban J connectivity index is 1.57. The van der Waals surface area contributed by atoms with Crippen molar-refractivity contribution in [2.24, 2.45) is 5.92 Å². The Hall–Kier alpha value is -0.980. The second-order valence-electron chi connectivity index (χ2n) is 5.99. The van der Waals surface area contributed by atoms with Gasteiger partial charge in [-0.05, 0) is 19.4 Å². The molecule has 0 spiro atoms. The van der Waals surface area contributed by atoms with Crippen LogP contribution in [0.3, 0.4) is 0 Å². The zero-order valence-electron chi connectivity index (χ0n) is 12.4. The molecule has 0 bridgehead atoms. The molecule has 2 aliphatic rings. The first-order valence-corrected chi connectivity index (χ1v) is 7.33. The fraction of sp³-hybridized carbons (Fsp3) is 0.625. The number of aliphatic hydroxyl groups is 1. The standard InChI is InChI=1S/C16H22O5/c1-16(2)20-14-12(13(8-17)19-15(14)21-16)10-18-9-11-6-4-3-5-7-11/h3-7,12-15,17H,8-10H2,1-2H3/t12-,13-,14-,15-/m1/s1. The maximum absolute atomic E-state index is 9.45. The molecule has 2 saturated heterocycles. The molecule has 0 aliphatic carbocycles. The number of rotatable bonds is 5. The van der Waals surface area contributed by atoms with E-state index in [4.69, 9.17) is 18.9 Å². The van der Waals surface area contributed by atoms with Crippen molar-refractivity contribution in [1.82, 2.24) is 0 Å². The summed E-state index contributed by atoms with van der Waals surface area (Å²) in [6, 6.07) is 10.00. The molecule has 0 radical (unpaired) electrons. The fourth-order valence-corrected chi connectivity index (χ4v) is 2.90. The molecule has 4 atom stereocenters.